The molecule has 1 aromatic heterocycles. The van der Waals surface area contributed by atoms with Gasteiger partial charge < -0.3 is 5.32 Å². The van der Waals surface area contributed by atoms with Crippen LogP contribution in [0, 0.1) is 11.8 Å². The van der Waals surface area contributed by atoms with Crippen LogP contribution in [0.25, 0.3) is 0 Å². The first-order valence-corrected chi connectivity index (χ1v) is 6.95. The number of aromatic nitrogens is 2. The molecule has 1 aliphatic rings. The summed E-state index contributed by atoms with van der Waals surface area (Å²) in [5, 5.41) is 7.64. The van der Waals surface area contributed by atoms with Gasteiger partial charge in [-0.25, -0.2) is 4.68 Å². The summed E-state index contributed by atoms with van der Waals surface area (Å²) in [5.41, 5.74) is 0.456. The van der Waals surface area contributed by atoms with Gasteiger partial charge in [0.15, 0.2) is 0 Å². The van der Waals surface area contributed by atoms with Crippen LogP contribution in [0.3, 0.4) is 0 Å². The highest BCUT2D eigenvalue weighted by molar-refractivity contribution is 6.32. The zero-order chi connectivity index (χ0) is 13.1. The fourth-order valence-corrected chi connectivity index (χ4v) is 2.23. The van der Waals surface area contributed by atoms with Crippen LogP contribution in [0.15, 0.2) is 11.0 Å². The molecule has 100 valence electrons. The van der Waals surface area contributed by atoms with Crippen LogP contribution in [-0.4, -0.2) is 16.3 Å². The van der Waals surface area contributed by atoms with Crippen molar-refractivity contribution in [1.82, 2.24) is 9.78 Å². The molecule has 2 rings (SSSR count). The summed E-state index contributed by atoms with van der Waals surface area (Å²) < 4.78 is 1.43. The van der Waals surface area contributed by atoms with Gasteiger partial charge in [0.05, 0.1) is 11.9 Å². The fourth-order valence-electron chi connectivity index (χ4n) is 2.02. The quantitative estimate of drug-likeness (QED) is 0.894. The van der Waals surface area contributed by atoms with Crippen molar-refractivity contribution in [2.75, 3.05) is 11.9 Å². The Morgan fingerprint density at radius 3 is 2.83 bits per heavy atom. The molecule has 1 fully saturated rings. The maximum atomic E-state index is 12.0. The third-order valence-corrected chi connectivity index (χ3v) is 3.69. The zero-order valence-electron chi connectivity index (χ0n) is 10.9. The van der Waals surface area contributed by atoms with Gasteiger partial charge in [-0.05, 0) is 24.7 Å². The molecule has 0 spiro atoms. The van der Waals surface area contributed by atoms with E-state index in [0.29, 0.717) is 18.2 Å². The Kier molecular flexibility index (Phi) is 4.27. The summed E-state index contributed by atoms with van der Waals surface area (Å²) in [7, 11) is 0. The van der Waals surface area contributed by atoms with Crippen LogP contribution in [0.4, 0.5) is 5.69 Å². The summed E-state index contributed by atoms with van der Waals surface area (Å²) in [4.78, 5) is 12.0. The topological polar surface area (TPSA) is 46.9 Å². The Hall–Kier alpha value is -1.03. The van der Waals surface area contributed by atoms with Gasteiger partial charge in [0, 0.05) is 13.1 Å². The molecular formula is C13H20ClN3O. The molecular weight excluding hydrogens is 250 g/mol. The van der Waals surface area contributed by atoms with Crippen molar-refractivity contribution in [1.29, 1.82) is 0 Å². The van der Waals surface area contributed by atoms with E-state index in [2.05, 4.69) is 10.4 Å². The van der Waals surface area contributed by atoms with E-state index in [-0.39, 0.29) is 10.6 Å². The van der Waals surface area contributed by atoms with Crippen molar-refractivity contribution in [2.24, 2.45) is 11.8 Å². The van der Waals surface area contributed by atoms with Gasteiger partial charge in [-0.2, -0.15) is 5.10 Å². The predicted octanol–water partition coefficient (Wildman–Crippen LogP) is 2.76. The summed E-state index contributed by atoms with van der Waals surface area (Å²) in [5.74, 6) is 1.10. The number of nitrogens with zero attached hydrogens (tertiary/aromatic N) is 2. The van der Waals surface area contributed by atoms with Gasteiger partial charge in [0.1, 0.15) is 5.02 Å². The van der Waals surface area contributed by atoms with Crippen molar-refractivity contribution in [2.45, 2.75) is 39.7 Å². The van der Waals surface area contributed by atoms with E-state index < -0.39 is 0 Å². The third kappa shape index (κ3) is 3.05. The van der Waals surface area contributed by atoms with Crippen molar-refractivity contribution in [3.05, 3.63) is 21.6 Å². The fraction of sp³-hybridized carbons (Fsp3) is 0.692. The van der Waals surface area contributed by atoms with E-state index in [1.54, 1.807) is 6.20 Å². The van der Waals surface area contributed by atoms with Crippen LogP contribution in [-0.2, 0) is 6.54 Å². The number of halogens is 1. The molecule has 0 aromatic carbocycles. The monoisotopic (exact) mass is 269 g/mol. The van der Waals surface area contributed by atoms with E-state index in [9.17, 15) is 4.79 Å². The predicted molar refractivity (Wildman–Crippen MR) is 74.2 cm³/mol. The Morgan fingerprint density at radius 2 is 2.28 bits per heavy atom. The molecule has 0 unspecified atom stereocenters. The Labute approximate surface area is 112 Å². The van der Waals surface area contributed by atoms with Gasteiger partial charge in [0.25, 0.3) is 5.56 Å². The van der Waals surface area contributed by atoms with Crippen molar-refractivity contribution in [3.8, 4) is 0 Å². The first-order valence-electron chi connectivity index (χ1n) is 6.57. The third-order valence-electron chi connectivity index (χ3n) is 3.33. The smallest absolute Gasteiger partial charge is 0.287 e. The number of hydrogen-bond donors (Lipinski definition) is 1. The molecule has 0 radical (unpaired) electrons. The van der Waals surface area contributed by atoms with Crippen LogP contribution < -0.4 is 10.9 Å². The Morgan fingerprint density at radius 1 is 1.56 bits per heavy atom. The molecule has 0 atom stereocenters. The Bertz CT molecular complexity index is 466. The van der Waals surface area contributed by atoms with Crippen molar-refractivity contribution >= 4 is 17.3 Å². The molecule has 18 heavy (non-hydrogen) atoms. The lowest BCUT2D eigenvalue weighted by Crippen LogP contribution is -2.27. The molecule has 0 bridgehead atoms. The van der Waals surface area contributed by atoms with Gasteiger partial charge in [-0.1, -0.05) is 31.9 Å². The molecule has 1 heterocycles. The molecule has 1 N–H and O–H groups in total. The molecule has 5 heteroatoms. The second-order valence-corrected chi connectivity index (χ2v) is 5.81. The number of nitrogens with one attached hydrogen (secondary N) is 1. The first kappa shape index (κ1) is 13.4. The van der Waals surface area contributed by atoms with Crippen LogP contribution >= 0.6 is 11.6 Å². The van der Waals surface area contributed by atoms with Gasteiger partial charge in [-0.15, -0.1) is 0 Å². The molecule has 0 aliphatic heterocycles. The van der Waals surface area contributed by atoms with E-state index in [1.165, 1.54) is 23.9 Å². The maximum absolute atomic E-state index is 12.0. The molecule has 4 nitrogen and oxygen atoms in total. The summed E-state index contributed by atoms with van der Waals surface area (Å²) in [6.45, 7) is 5.58. The lowest BCUT2D eigenvalue weighted by molar-refractivity contribution is 0.333. The molecule has 0 amide bonds. The van der Waals surface area contributed by atoms with Gasteiger partial charge >= 0.3 is 0 Å². The highest BCUT2D eigenvalue weighted by Gasteiger charge is 2.18. The largest absolute Gasteiger partial charge is 0.382 e. The SMILES string of the molecule is CC(C)Cn1ncc(NCC2CCC2)c(Cl)c1=O. The molecule has 1 aliphatic carbocycles. The average molecular weight is 270 g/mol. The standard InChI is InChI=1S/C13H20ClN3O/c1-9(2)8-17-13(18)12(14)11(7-16-17)15-6-10-4-3-5-10/h7,9-10,15H,3-6,8H2,1-2H3. The lowest BCUT2D eigenvalue weighted by Gasteiger charge is -2.26. The number of rotatable bonds is 5. The second-order valence-electron chi connectivity index (χ2n) is 5.43. The first-order chi connectivity index (χ1) is 8.58. The maximum Gasteiger partial charge on any atom is 0.287 e. The normalized spacial score (nSPS) is 15.8. The number of hydrogen-bond acceptors (Lipinski definition) is 3. The van der Waals surface area contributed by atoms with Crippen LogP contribution in [0.2, 0.25) is 5.02 Å². The minimum Gasteiger partial charge on any atom is -0.382 e. The van der Waals surface area contributed by atoms with Crippen LogP contribution in [0.5, 0.6) is 0 Å². The van der Waals surface area contributed by atoms with E-state index in [0.717, 1.165) is 12.5 Å². The van der Waals surface area contributed by atoms with E-state index in [4.69, 9.17) is 11.6 Å². The summed E-state index contributed by atoms with van der Waals surface area (Å²) in [6, 6.07) is 0. The minimum atomic E-state index is -0.205. The van der Waals surface area contributed by atoms with Gasteiger partial charge in [-0.3, -0.25) is 4.79 Å². The van der Waals surface area contributed by atoms with Gasteiger partial charge in [0.2, 0.25) is 0 Å². The van der Waals surface area contributed by atoms with E-state index >= 15 is 0 Å². The molecule has 1 aromatic rings. The molecule has 1 saturated carbocycles. The summed E-state index contributed by atoms with van der Waals surface area (Å²) in [6.07, 6.45) is 5.50. The lowest BCUT2D eigenvalue weighted by atomic mass is 9.85. The average Bonchev–Trinajstić information content (AvgIpc) is 2.25. The zero-order valence-corrected chi connectivity index (χ0v) is 11.7. The highest BCUT2D eigenvalue weighted by Crippen LogP contribution is 2.27. The minimum absolute atomic E-state index is 0.205. The van der Waals surface area contributed by atoms with Crippen molar-refractivity contribution in [3.63, 3.8) is 0 Å². The van der Waals surface area contributed by atoms with Crippen LogP contribution in [0.1, 0.15) is 33.1 Å². The second kappa shape index (κ2) is 5.74. The van der Waals surface area contributed by atoms with Crippen molar-refractivity contribution < 1.29 is 0 Å². The number of anilines is 1. The highest BCUT2D eigenvalue weighted by atomic mass is 35.5. The summed E-state index contributed by atoms with van der Waals surface area (Å²) >= 11 is 6.09. The van der Waals surface area contributed by atoms with E-state index in [1.807, 2.05) is 13.8 Å². The Balaban J connectivity index is 2.07. The molecule has 0 saturated heterocycles.